The lowest BCUT2D eigenvalue weighted by Gasteiger charge is -2.50. The molecule has 89 heavy (non-hydrogen) atoms. The number of hydrogen-bond acceptors (Lipinski definition) is 21. The zero-order chi connectivity index (χ0) is 65.6. The van der Waals surface area contributed by atoms with Gasteiger partial charge in [-0.1, -0.05) is 212 Å². The molecule has 0 spiro atoms. The first-order valence-electron chi connectivity index (χ1n) is 34.1. The molecule has 3 aliphatic rings. The molecule has 3 aliphatic heterocycles. The van der Waals surface area contributed by atoms with Gasteiger partial charge in [-0.2, -0.15) is 0 Å². The summed E-state index contributed by atoms with van der Waals surface area (Å²) in [6.45, 7) is 2.25. The van der Waals surface area contributed by atoms with Crippen molar-refractivity contribution in [2.24, 2.45) is 0 Å². The van der Waals surface area contributed by atoms with Gasteiger partial charge in [0.15, 0.2) is 12.6 Å². The molecule has 0 aromatic carbocycles. The fourth-order valence-corrected chi connectivity index (χ4v) is 12.0. The number of aliphatic hydroxyl groups excluding tert-OH is 11. The van der Waals surface area contributed by atoms with E-state index in [2.05, 4.69) is 24.5 Å². The first-order chi connectivity index (χ1) is 42.8. The number of nitrogens with one attached hydrogen (secondary N) is 2. The molecule has 3 fully saturated rings. The van der Waals surface area contributed by atoms with Crippen LogP contribution in [0.3, 0.4) is 0 Å². The first kappa shape index (κ1) is 80.7. The Morgan fingerprint density at radius 2 is 1.10 bits per heavy atom. The Balaban J connectivity index is 1.65. The highest BCUT2D eigenvalue weighted by molar-refractivity contribution is 5.80. The Morgan fingerprint density at radius 1 is 0.618 bits per heavy atom. The van der Waals surface area contributed by atoms with E-state index in [9.17, 15) is 75.7 Å². The van der Waals surface area contributed by atoms with E-state index in [-0.39, 0.29) is 6.42 Å². The normalized spacial score (nSPS) is 29.2. The zero-order valence-electron chi connectivity index (χ0n) is 54.2. The number of rotatable bonds is 51. The third-order valence-corrected chi connectivity index (χ3v) is 17.6. The molecule has 0 aromatic heterocycles. The average Bonchev–Trinajstić information content (AvgIpc) is 0.816. The molecule has 522 valence electrons. The van der Waals surface area contributed by atoms with Crippen LogP contribution in [0.15, 0.2) is 12.2 Å². The van der Waals surface area contributed by atoms with Crippen LogP contribution in [0.1, 0.15) is 233 Å². The predicted octanol–water partition coefficient (Wildman–Crippen LogP) is 4.74. The Bertz CT molecular complexity index is 1870. The van der Waals surface area contributed by atoms with Crippen molar-refractivity contribution in [3.63, 3.8) is 0 Å². The number of allylic oxidation sites excluding steroid dienone is 1. The van der Waals surface area contributed by atoms with E-state index in [1.807, 2.05) is 0 Å². The van der Waals surface area contributed by atoms with Crippen molar-refractivity contribution in [1.82, 2.24) is 10.6 Å². The topological polar surface area (TPSA) is 383 Å². The van der Waals surface area contributed by atoms with Gasteiger partial charge in [0.2, 0.25) is 11.8 Å². The molecule has 24 nitrogen and oxygen atoms in total. The second-order valence-electron chi connectivity index (χ2n) is 25.0. The minimum atomic E-state index is -3.04. The quantitative estimate of drug-likeness (QED) is 0.0289. The molecular weight excluding hydrogens is 1160 g/mol. The molecule has 24 heteroatoms. The monoisotopic (exact) mass is 1280 g/mol. The van der Waals surface area contributed by atoms with Gasteiger partial charge in [0.25, 0.3) is 5.79 Å². The number of carboxylic acids is 1. The number of aliphatic carboxylic acids is 1. The van der Waals surface area contributed by atoms with Crippen LogP contribution in [-0.2, 0) is 47.5 Å². The first-order valence-corrected chi connectivity index (χ1v) is 34.1. The van der Waals surface area contributed by atoms with E-state index < -0.39 is 167 Å². The number of carbonyl (C=O) groups excluding carboxylic acids is 2. The SMILES string of the molecule is CCCCCCCCCCCCCCC=CC(O)C(COC1OC(CO)C(OC2OC(CO)C(O)C(OC3(C(=O)O)CC(O)C(NC(C)=O)C(C(O)C(CO)OC)O3)C2O)C(O)C1O)NC(=O)C(O)CCCCCCCCCCCCCCCCCCCC. The van der Waals surface area contributed by atoms with Crippen molar-refractivity contribution in [3.05, 3.63) is 12.2 Å². The van der Waals surface area contributed by atoms with Gasteiger partial charge in [0.1, 0.15) is 73.2 Å². The second-order valence-corrected chi connectivity index (χ2v) is 25.0. The number of amides is 2. The van der Waals surface area contributed by atoms with Crippen LogP contribution in [0.5, 0.6) is 0 Å². The van der Waals surface area contributed by atoms with Gasteiger partial charge in [-0.25, -0.2) is 4.79 Å². The van der Waals surface area contributed by atoms with E-state index in [1.54, 1.807) is 6.08 Å². The van der Waals surface area contributed by atoms with Crippen molar-refractivity contribution < 1.29 is 109 Å². The van der Waals surface area contributed by atoms with E-state index in [1.165, 1.54) is 141 Å². The molecule has 0 bridgehead atoms. The largest absolute Gasteiger partial charge is 0.477 e. The van der Waals surface area contributed by atoms with E-state index >= 15 is 0 Å². The van der Waals surface area contributed by atoms with Gasteiger partial charge in [-0.15, -0.1) is 0 Å². The summed E-state index contributed by atoms with van der Waals surface area (Å²) in [5.74, 6) is -6.46. The molecule has 3 saturated heterocycles. The van der Waals surface area contributed by atoms with Gasteiger partial charge in [0, 0.05) is 20.5 Å². The predicted molar refractivity (Wildman–Crippen MR) is 331 cm³/mol. The van der Waals surface area contributed by atoms with Crippen molar-refractivity contribution in [2.45, 2.75) is 349 Å². The van der Waals surface area contributed by atoms with Gasteiger partial charge in [-0.05, 0) is 19.3 Å². The summed E-state index contributed by atoms with van der Waals surface area (Å²) in [5, 5.41) is 137. The van der Waals surface area contributed by atoms with E-state index in [0.717, 1.165) is 65.4 Å². The molecule has 0 aliphatic carbocycles. The molecule has 2 amide bonds. The van der Waals surface area contributed by atoms with E-state index in [4.69, 9.17) is 33.2 Å². The van der Waals surface area contributed by atoms with Gasteiger partial charge in [0.05, 0.1) is 50.7 Å². The lowest BCUT2D eigenvalue weighted by molar-refractivity contribution is -0.386. The molecule has 19 unspecified atom stereocenters. The number of hydrogen-bond donors (Lipinski definition) is 14. The molecule has 0 saturated carbocycles. The van der Waals surface area contributed by atoms with Crippen molar-refractivity contribution >= 4 is 17.8 Å². The summed E-state index contributed by atoms with van der Waals surface area (Å²) in [6, 6.07) is -2.71. The van der Waals surface area contributed by atoms with Gasteiger partial charge in [-0.3, -0.25) is 9.59 Å². The van der Waals surface area contributed by atoms with Crippen molar-refractivity contribution in [3.8, 4) is 0 Å². The van der Waals surface area contributed by atoms with E-state index in [0.29, 0.717) is 12.8 Å². The highest BCUT2D eigenvalue weighted by Crippen LogP contribution is 2.39. The van der Waals surface area contributed by atoms with Crippen LogP contribution in [0, 0.1) is 0 Å². The molecule has 0 aromatic rings. The average molecular weight is 1280 g/mol. The molecule has 3 heterocycles. The number of aliphatic hydroxyl groups is 11. The van der Waals surface area contributed by atoms with Crippen LogP contribution < -0.4 is 10.6 Å². The van der Waals surface area contributed by atoms with Crippen molar-refractivity contribution in [2.75, 3.05) is 33.5 Å². The standard InChI is InChI=1S/C65H120N2O22/c1-5-7-9-11-13-15-17-19-21-22-23-24-26-28-30-32-34-36-38-47(73)61(80)67-45(46(72)37-35-33-31-29-27-25-20-18-16-14-12-10-8-6-2)43-84-62-56(78)55(77)58(51(42-70)86-62)87-63-57(79)60(54(76)50(41-69)85-63)89-65(64(81)82)39-48(74)52(66-44(3)71)59(88-65)53(75)49(40-68)83-4/h35,37,45-60,62-63,68-70,72-79H,5-34,36,38-43H2,1-4H3,(H,66,71)(H,67,80)(H,81,82). The van der Waals surface area contributed by atoms with Crippen molar-refractivity contribution in [1.29, 1.82) is 0 Å². The Hall–Kier alpha value is -2.57. The Morgan fingerprint density at radius 3 is 1.56 bits per heavy atom. The van der Waals surface area contributed by atoms with Crippen LogP contribution in [0.2, 0.25) is 0 Å². The number of methoxy groups -OCH3 is 1. The summed E-state index contributed by atoms with van der Waals surface area (Å²) in [6.07, 6.45) is 9.83. The zero-order valence-corrected chi connectivity index (χ0v) is 54.2. The lowest BCUT2D eigenvalue weighted by atomic mass is 9.88. The highest BCUT2D eigenvalue weighted by atomic mass is 16.8. The molecular formula is C65H120N2O22. The molecule has 14 N–H and O–H groups in total. The number of carboxylic acid groups (broad SMARTS) is 1. The minimum absolute atomic E-state index is 0.187. The smallest absolute Gasteiger partial charge is 0.364 e. The summed E-state index contributed by atoms with van der Waals surface area (Å²) in [4.78, 5) is 38.8. The minimum Gasteiger partial charge on any atom is -0.477 e. The summed E-state index contributed by atoms with van der Waals surface area (Å²) < 4.78 is 40.0. The van der Waals surface area contributed by atoms with Gasteiger partial charge >= 0.3 is 5.97 Å². The van der Waals surface area contributed by atoms with Crippen LogP contribution >= 0.6 is 0 Å². The Kier molecular flexibility index (Phi) is 42.2. The van der Waals surface area contributed by atoms with Crippen LogP contribution in [0.4, 0.5) is 0 Å². The third-order valence-electron chi connectivity index (χ3n) is 17.6. The maximum atomic E-state index is 13.5. The summed E-state index contributed by atoms with van der Waals surface area (Å²) in [7, 11) is 1.11. The van der Waals surface area contributed by atoms with Crippen LogP contribution in [-0.4, -0.2) is 229 Å². The highest BCUT2D eigenvalue weighted by Gasteiger charge is 2.60. The molecule has 19 atom stereocenters. The lowest BCUT2D eigenvalue weighted by Crippen LogP contribution is -2.71. The fourth-order valence-electron chi connectivity index (χ4n) is 12.0. The second kappa shape index (κ2) is 46.5. The maximum absolute atomic E-state index is 13.5. The van der Waals surface area contributed by atoms with Crippen LogP contribution in [0.25, 0.3) is 0 Å². The summed E-state index contributed by atoms with van der Waals surface area (Å²) in [5.41, 5.74) is 0. The molecule has 3 rings (SSSR count). The number of unbranched alkanes of at least 4 members (excludes halogenated alkanes) is 29. The fraction of sp³-hybridized carbons (Fsp3) is 0.923. The summed E-state index contributed by atoms with van der Waals surface area (Å²) >= 11 is 0. The third kappa shape index (κ3) is 28.9. The molecule has 0 radical (unpaired) electrons. The Labute approximate surface area is 529 Å². The van der Waals surface area contributed by atoms with Gasteiger partial charge < -0.3 is 105 Å². The number of ether oxygens (including phenoxy) is 7. The number of carbonyl (C=O) groups is 3. The maximum Gasteiger partial charge on any atom is 0.364 e.